The molecule has 1 fully saturated rings. The summed E-state index contributed by atoms with van der Waals surface area (Å²) in [5.74, 6) is -1.31. The number of thioether (sulfide) groups is 1. The summed E-state index contributed by atoms with van der Waals surface area (Å²) in [4.78, 5) is 48.2. The van der Waals surface area contributed by atoms with E-state index < -0.39 is 28.1 Å². The van der Waals surface area contributed by atoms with Crippen molar-refractivity contribution in [3.8, 4) is 5.75 Å². The molecule has 0 radical (unpaired) electrons. The summed E-state index contributed by atoms with van der Waals surface area (Å²) in [5.41, 5.74) is 0.927. The molecule has 10 heteroatoms. The van der Waals surface area contributed by atoms with Crippen LogP contribution in [0.3, 0.4) is 0 Å². The number of amides is 2. The Morgan fingerprint density at radius 3 is 2.58 bits per heavy atom. The number of carbonyl (C=O) groups excluding carboxylic acids is 3. The van der Waals surface area contributed by atoms with Gasteiger partial charge in [0.2, 0.25) is 0 Å². The minimum atomic E-state index is -1.08. The number of benzene rings is 2. The molecular weight excluding hydrogens is 424 g/mol. The van der Waals surface area contributed by atoms with Gasteiger partial charge < -0.3 is 9.47 Å². The van der Waals surface area contributed by atoms with Crippen molar-refractivity contribution in [3.05, 3.63) is 74.7 Å². The lowest BCUT2D eigenvalue weighted by atomic mass is 10.1. The highest BCUT2D eigenvalue weighted by Gasteiger charge is 2.41. The second-order valence-corrected chi connectivity index (χ2v) is 7.50. The van der Waals surface area contributed by atoms with E-state index in [4.69, 9.17) is 4.74 Å². The van der Waals surface area contributed by atoms with E-state index in [1.165, 1.54) is 25.1 Å². The Morgan fingerprint density at radius 2 is 1.94 bits per heavy atom. The molecule has 1 aliphatic heterocycles. The first-order chi connectivity index (χ1) is 14.8. The standard InChI is InChI=1S/C21H18N2O7S/c1-13(20(25)29-2)22-19(24)18(31-21(22)26)11-15-8-9-17(16(10-15)23(27)28)30-12-14-6-4-3-5-7-14/h3-11,13H,12H2,1-2H3/b18-11+/t13-/m1/s1. The van der Waals surface area contributed by atoms with Crippen molar-refractivity contribution in [3.63, 3.8) is 0 Å². The van der Waals surface area contributed by atoms with Crippen molar-refractivity contribution in [1.82, 2.24) is 4.90 Å². The molecule has 3 rings (SSSR count). The highest BCUT2D eigenvalue weighted by molar-refractivity contribution is 8.18. The second-order valence-electron chi connectivity index (χ2n) is 6.51. The molecule has 0 N–H and O–H groups in total. The van der Waals surface area contributed by atoms with Crippen molar-refractivity contribution < 1.29 is 28.8 Å². The number of rotatable bonds is 7. The van der Waals surface area contributed by atoms with Crippen molar-refractivity contribution in [2.45, 2.75) is 19.6 Å². The first kappa shape index (κ1) is 22.0. The Morgan fingerprint density at radius 1 is 1.23 bits per heavy atom. The number of nitro benzene ring substituents is 1. The SMILES string of the molecule is COC(=O)[C@@H](C)N1C(=O)S/C(=C/c2ccc(OCc3ccccc3)c([N+](=O)[O-])c2)C1=O. The van der Waals surface area contributed by atoms with E-state index in [-0.39, 0.29) is 22.9 Å². The van der Waals surface area contributed by atoms with Gasteiger partial charge in [-0.15, -0.1) is 0 Å². The molecule has 2 aromatic carbocycles. The highest BCUT2D eigenvalue weighted by Crippen LogP contribution is 2.35. The summed E-state index contributed by atoms with van der Waals surface area (Å²) >= 11 is 0.649. The predicted octanol–water partition coefficient (Wildman–Crippen LogP) is 3.77. The van der Waals surface area contributed by atoms with Gasteiger partial charge in [0.25, 0.3) is 11.1 Å². The van der Waals surface area contributed by atoms with Gasteiger partial charge in [-0.1, -0.05) is 36.4 Å². The van der Waals surface area contributed by atoms with Crippen LogP contribution in [0.4, 0.5) is 10.5 Å². The summed E-state index contributed by atoms with van der Waals surface area (Å²) in [6.45, 7) is 1.54. The van der Waals surface area contributed by atoms with Crippen molar-refractivity contribution in [2.24, 2.45) is 0 Å². The molecule has 2 amide bonds. The van der Waals surface area contributed by atoms with Crippen LogP contribution in [0.5, 0.6) is 5.75 Å². The van der Waals surface area contributed by atoms with Gasteiger partial charge in [0.1, 0.15) is 12.6 Å². The monoisotopic (exact) mass is 442 g/mol. The third kappa shape index (κ3) is 4.92. The van der Waals surface area contributed by atoms with Crippen molar-refractivity contribution in [1.29, 1.82) is 0 Å². The Hall–Kier alpha value is -3.66. The highest BCUT2D eigenvalue weighted by atomic mass is 32.2. The number of hydrogen-bond donors (Lipinski definition) is 0. The average Bonchev–Trinajstić information content (AvgIpc) is 3.04. The number of nitrogens with zero attached hydrogens (tertiary/aromatic N) is 2. The molecule has 0 unspecified atom stereocenters. The molecule has 9 nitrogen and oxygen atoms in total. The number of esters is 1. The van der Waals surface area contributed by atoms with Gasteiger partial charge in [0.15, 0.2) is 5.75 Å². The maximum absolute atomic E-state index is 12.6. The molecular formula is C21H18N2O7S. The number of nitro groups is 1. The zero-order valence-corrected chi connectivity index (χ0v) is 17.5. The van der Waals surface area contributed by atoms with Crippen LogP contribution in [-0.2, 0) is 20.9 Å². The Bertz CT molecular complexity index is 1070. The van der Waals surface area contributed by atoms with Crippen molar-refractivity contribution in [2.75, 3.05) is 7.11 Å². The molecule has 1 aliphatic rings. The van der Waals surface area contributed by atoms with Crippen LogP contribution in [0.2, 0.25) is 0 Å². The Kier molecular flexibility index (Phi) is 6.71. The molecule has 31 heavy (non-hydrogen) atoms. The zero-order valence-electron chi connectivity index (χ0n) is 16.6. The lowest BCUT2D eigenvalue weighted by Crippen LogP contribution is -2.42. The van der Waals surface area contributed by atoms with E-state index in [0.717, 1.165) is 17.6 Å². The van der Waals surface area contributed by atoms with Crippen LogP contribution in [0.15, 0.2) is 53.4 Å². The topological polar surface area (TPSA) is 116 Å². The number of imide groups is 1. The molecule has 1 saturated heterocycles. The summed E-state index contributed by atoms with van der Waals surface area (Å²) < 4.78 is 10.2. The molecule has 2 aromatic rings. The van der Waals surface area contributed by atoms with Crippen LogP contribution in [0, 0.1) is 10.1 Å². The van der Waals surface area contributed by atoms with Crippen LogP contribution in [0.25, 0.3) is 6.08 Å². The lowest BCUT2D eigenvalue weighted by Gasteiger charge is -2.18. The zero-order chi connectivity index (χ0) is 22.5. The largest absolute Gasteiger partial charge is 0.482 e. The molecule has 0 aliphatic carbocycles. The maximum atomic E-state index is 12.6. The molecule has 1 atom stereocenters. The lowest BCUT2D eigenvalue weighted by molar-refractivity contribution is -0.386. The van der Waals surface area contributed by atoms with Gasteiger partial charge in [-0.25, -0.2) is 4.79 Å². The third-order valence-electron chi connectivity index (χ3n) is 4.47. The van der Waals surface area contributed by atoms with Gasteiger partial charge in [-0.2, -0.15) is 0 Å². The van der Waals surface area contributed by atoms with E-state index in [2.05, 4.69) is 4.74 Å². The number of carbonyl (C=O) groups is 3. The number of ether oxygens (including phenoxy) is 2. The molecule has 160 valence electrons. The first-order valence-electron chi connectivity index (χ1n) is 9.12. The van der Waals surface area contributed by atoms with Gasteiger partial charge in [-0.3, -0.25) is 24.6 Å². The van der Waals surface area contributed by atoms with E-state index in [1.807, 2.05) is 30.3 Å². The summed E-state index contributed by atoms with van der Waals surface area (Å²) in [6.07, 6.45) is 1.36. The average molecular weight is 442 g/mol. The Balaban J connectivity index is 1.83. The number of hydrogen-bond acceptors (Lipinski definition) is 8. The third-order valence-corrected chi connectivity index (χ3v) is 5.35. The fourth-order valence-corrected chi connectivity index (χ4v) is 3.77. The number of methoxy groups -OCH3 is 1. The van der Waals surface area contributed by atoms with Crippen molar-refractivity contribution >= 4 is 40.6 Å². The van der Waals surface area contributed by atoms with E-state index in [9.17, 15) is 24.5 Å². The van der Waals surface area contributed by atoms with E-state index >= 15 is 0 Å². The first-order valence-corrected chi connectivity index (χ1v) is 9.93. The van der Waals surface area contributed by atoms with E-state index in [1.54, 1.807) is 6.07 Å². The molecule has 0 saturated carbocycles. The van der Waals surface area contributed by atoms with Gasteiger partial charge in [-0.05, 0) is 42.0 Å². The fourth-order valence-electron chi connectivity index (χ4n) is 2.87. The molecule has 0 spiro atoms. The summed E-state index contributed by atoms with van der Waals surface area (Å²) in [7, 11) is 1.16. The molecule has 0 aromatic heterocycles. The summed E-state index contributed by atoms with van der Waals surface area (Å²) in [5, 5.41) is 10.9. The van der Waals surface area contributed by atoms with Crippen LogP contribution in [0.1, 0.15) is 18.1 Å². The fraction of sp³-hybridized carbons (Fsp3) is 0.190. The van der Waals surface area contributed by atoms with Crippen LogP contribution in [-0.4, -0.2) is 40.1 Å². The minimum absolute atomic E-state index is 0.0491. The van der Waals surface area contributed by atoms with Gasteiger partial charge >= 0.3 is 11.7 Å². The predicted molar refractivity (Wildman–Crippen MR) is 113 cm³/mol. The smallest absolute Gasteiger partial charge is 0.328 e. The quantitative estimate of drug-likeness (QED) is 0.275. The molecule has 1 heterocycles. The normalized spacial score (nSPS) is 15.8. The van der Waals surface area contributed by atoms with Crippen LogP contribution >= 0.6 is 11.8 Å². The maximum Gasteiger partial charge on any atom is 0.328 e. The Labute approximate surface area is 181 Å². The minimum Gasteiger partial charge on any atom is -0.482 e. The van der Waals surface area contributed by atoms with Gasteiger partial charge in [0.05, 0.1) is 16.9 Å². The molecule has 0 bridgehead atoms. The van der Waals surface area contributed by atoms with Gasteiger partial charge in [0, 0.05) is 6.07 Å². The second kappa shape index (κ2) is 9.43. The van der Waals surface area contributed by atoms with Crippen LogP contribution < -0.4 is 4.74 Å². The summed E-state index contributed by atoms with van der Waals surface area (Å²) in [6, 6.07) is 12.4. The van der Waals surface area contributed by atoms with E-state index in [0.29, 0.717) is 17.3 Å².